The number of para-hydroxylation sites is 2. The van der Waals surface area contributed by atoms with Gasteiger partial charge in [-0.2, -0.15) is 0 Å². The van der Waals surface area contributed by atoms with Crippen LogP contribution in [0.5, 0.6) is 5.75 Å². The Morgan fingerprint density at radius 1 is 0.929 bits per heavy atom. The minimum atomic E-state index is -0.412. The number of hydrogen-bond acceptors (Lipinski definition) is 3. The van der Waals surface area contributed by atoms with Crippen molar-refractivity contribution < 1.29 is 9.53 Å². The minimum absolute atomic E-state index is 0.136. The van der Waals surface area contributed by atoms with E-state index in [9.17, 15) is 4.79 Å². The van der Waals surface area contributed by atoms with E-state index in [0.29, 0.717) is 33.7 Å². The van der Waals surface area contributed by atoms with Crippen molar-refractivity contribution in [1.82, 2.24) is 5.32 Å². The summed E-state index contributed by atoms with van der Waals surface area (Å²) in [5, 5.41) is 6.47. The van der Waals surface area contributed by atoms with Crippen molar-refractivity contribution in [2.24, 2.45) is 0 Å². The highest BCUT2D eigenvalue weighted by atomic mass is 35.5. The van der Waals surface area contributed by atoms with Crippen molar-refractivity contribution in [2.45, 2.75) is 6.61 Å². The second-order valence-corrected chi connectivity index (χ2v) is 7.12. The fraction of sp³-hybridized carbons (Fsp3) is 0.0476. The van der Waals surface area contributed by atoms with E-state index >= 15 is 0 Å². The normalized spacial score (nSPS) is 10.2. The third-order valence-corrected chi connectivity index (χ3v) is 4.36. The number of ether oxygens (including phenoxy) is 1. The van der Waals surface area contributed by atoms with Gasteiger partial charge in [-0.1, -0.05) is 65.7 Å². The van der Waals surface area contributed by atoms with Gasteiger partial charge in [0.1, 0.15) is 12.4 Å². The molecule has 2 N–H and O–H groups in total. The van der Waals surface area contributed by atoms with Crippen LogP contribution in [0.15, 0.2) is 72.8 Å². The molecule has 0 bridgehead atoms. The number of hydrogen-bond donors (Lipinski definition) is 2. The Morgan fingerprint density at radius 3 is 2.29 bits per heavy atom. The lowest BCUT2D eigenvalue weighted by molar-refractivity contribution is 0.0977. The van der Waals surface area contributed by atoms with Gasteiger partial charge in [0.25, 0.3) is 5.91 Å². The van der Waals surface area contributed by atoms with Crippen molar-refractivity contribution in [1.29, 1.82) is 0 Å². The van der Waals surface area contributed by atoms with Crippen LogP contribution in [0, 0.1) is 0 Å². The summed E-state index contributed by atoms with van der Waals surface area (Å²) in [4.78, 5) is 12.4. The van der Waals surface area contributed by atoms with Crippen LogP contribution >= 0.6 is 35.4 Å². The molecule has 0 saturated heterocycles. The lowest BCUT2D eigenvalue weighted by Gasteiger charge is -2.14. The van der Waals surface area contributed by atoms with E-state index in [1.165, 1.54) is 12.1 Å². The van der Waals surface area contributed by atoms with Gasteiger partial charge >= 0.3 is 0 Å². The number of anilines is 1. The summed E-state index contributed by atoms with van der Waals surface area (Å²) in [5.74, 6) is 0.207. The third kappa shape index (κ3) is 5.70. The molecule has 0 atom stereocenters. The number of halogens is 2. The maximum absolute atomic E-state index is 12.4. The van der Waals surface area contributed by atoms with Crippen LogP contribution in [-0.2, 0) is 6.61 Å². The highest BCUT2D eigenvalue weighted by molar-refractivity contribution is 7.80. The Kier molecular flexibility index (Phi) is 6.87. The van der Waals surface area contributed by atoms with Crippen molar-refractivity contribution in [2.75, 3.05) is 5.32 Å². The van der Waals surface area contributed by atoms with Gasteiger partial charge < -0.3 is 10.1 Å². The second kappa shape index (κ2) is 9.55. The van der Waals surface area contributed by atoms with Crippen LogP contribution in [0.3, 0.4) is 0 Å². The Hall–Kier alpha value is -2.60. The van der Waals surface area contributed by atoms with E-state index in [2.05, 4.69) is 10.6 Å². The van der Waals surface area contributed by atoms with E-state index < -0.39 is 5.91 Å². The average Bonchev–Trinajstić information content (AvgIpc) is 2.67. The van der Waals surface area contributed by atoms with Gasteiger partial charge in [0.2, 0.25) is 0 Å². The van der Waals surface area contributed by atoms with Crippen LogP contribution < -0.4 is 15.4 Å². The monoisotopic (exact) mass is 430 g/mol. The van der Waals surface area contributed by atoms with Gasteiger partial charge in [-0.3, -0.25) is 10.1 Å². The van der Waals surface area contributed by atoms with Gasteiger partial charge in [0.05, 0.1) is 5.69 Å². The molecule has 0 radical (unpaired) electrons. The van der Waals surface area contributed by atoms with E-state index in [4.69, 9.17) is 40.2 Å². The van der Waals surface area contributed by atoms with E-state index in [-0.39, 0.29) is 5.11 Å². The molecule has 3 aromatic carbocycles. The standard InChI is InChI=1S/C21H16Cl2N2O2S/c22-16-10-15(11-17(23)12-16)20(26)25-21(28)24-18-8-4-5-9-19(18)27-13-14-6-2-1-3-7-14/h1-12H,13H2,(H2,24,25,26,28). The number of carbonyl (C=O) groups excluding carboxylic acids is 1. The average molecular weight is 431 g/mol. The molecule has 0 aliphatic heterocycles. The van der Waals surface area contributed by atoms with E-state index in [1.807, 2.05) is 54.6 Å². The number of amides is 1. The molecule has 0 spiro atoms. The second-order valence-electron chi connectivity index (χ2n) is 5.84. The summed E-state index contributed by atoms with van der Waals surface area (Å²) in [6.07, 6.45) is 0. The first kappa shape index (κ1) is 20.1. The van der Waals surface area contributed by atoms with Crippen molar-refractivity contribution >= 4 is 52.1 Å². The van der Waals surface area contributed by atoms with E-state index in [0.717, 1.165) is 5.56 Å². The summed E-state index contributed by atoms with van der Waals surface area (Å²) in [6.45, 7) is 0.416. The SMILES string of the molecule is O=C(NC(=S)Nc1ccccc1OCc1ccccc1)c1cc(Cl)cc(Cl)c1. The number of thiocarbonyl (C=S) groups is 1. The zero-order chi connectivity index (χ0) is 19.9. The molecule has 0 heterocycles. The molecule has 0 aliphatic carbocycles. The van der Waals surface area contributed by atoms with Crippen LogP contribution in [0.1, 0.15) is 15.9 Å². The molecule has 1 amide bonds. The summed E-state index contributed by atoms with van der Waals surface area (Å²) in [5.41, 5.74) is 2.01. The quantitative estimate of drug-likeness (QED) is 0.509. The first-order valence-corrected chi connectivity index (χ1v) is 9.52. The maximum Gasteiger partial charge on any atom is 0.257 e. The topological polar surface area (TPSA) is 50.4 Å². The van der Waals surface area contributed by atoms with Crippen molar-refractivity contribution in [3.8, 4) is 5.75 Å². The summed E-state index contributed by atoms with van der Waals surface area (Å²) >= 11 is 17.1. The van der Waals surface area contributed by atoms with Crippen LogP contribution in [-0.4, -0.2) is 11.0 Å². The number of rotatable bonds is 5. The van der Waals surface area contributed by atoms with E-state index in [1.54, 1.807) is 6.07 Å². The summed E-state index contributed by atoms with van der Waals surface area (Å²) in [6, 6.07) is 21.8. The van der Waals surface area contributed by atoms with Crippen LogP contribution in [0.4, 0.5) is 5.69 Å². The fourth-order valence-electron chi connectivity index (χ4n) is 2.44. The van der Waals surface area contributed by atoms with Gasteiger partial charge in [0.15, 0.2) is 5.11 Å². The Labute approximate surface area is 178 Å². The van der Waals surface area contributed by atoms with Crippen molar-refractivity contribution in [3.05, 3.63) is 94.0 Å². The molecular formula is C21H16Cl2N2O2S. The maximum atomic E-state index is 12.4. The van der Waals surface area contributed by atoms with Gasteiger partial charge in [-0.05, 0) is 48.1 Å². The molecular weight excluding hydrogens is 415 g/mol. The summed E-state index contributed by atoms with van der Waals surface area (Å²) in [7, 11) is 0. The zero-order valence-corrected chi connectivity index (χ0v) is 16.9. The molecule has 28 heavy (non-hydrogen) atoms. The Balaban J connectivity index is 1.64. The first-order valence-electron chi connectivity index (χ1n) is 8.35. The lowest BCUT2D eigenvalue weighted by Crippen LogP contribution is -2.34. The number of benzene rings is 3. The Morgan fingerprint density at radius 2 is 1.57 bits per heavy atom. The predicted molar refractivity (Wildman–Crippen MR) is 117 cm³/mol. The molecule has 0 saturated carbocycles. The van der Waals surface area contributed by atoms with Gasteiger partial charge in [0, 0.05) is 15.6 Å². The van der Waals surface area contributed by atoms with Crippen molar-refractivity contribution in [3.63, 3.8) is 0 Å². The molecule has 142 valence electrons. The van der Waals surface area contributed by atoms with Gasteiger partial charge in [-0.25, -0.2) is 0 Å². The number of nitrogens with one attached hydrogen (secondary N) is 2. The van der Waals surface area contributed by atoms with Crippen LogP contribution in [0.25, 0.3) is 0 Å². The zero-order valence-electron chi connectivity index (χ0n) is 14.6. The molecule has 0 fully saturated rings. The molecule has 3 rings (SSSR count). The predicted octanol–water partition coefficient (Wildman–Crippen LogP) is 5.70. The molecule has 0 unspecified atom stereocenters. The smallest absolute Gasteiger partial charge is 0.257 e. The minimum Gasteiger partial charge on any atom is -0.487 e. The first-order chi connectivity index (χ1) is 13.5. The molecule has 0 aromatic heterocycles. The number of carbonyl (C=O) groups is 1. The molecule has 4 nitrogen and oxygen atoms in total. The lowest BCUT2D eigenvalue weighted by atomic mass is 10.2. The largest absolute Gasteiger partial charge is 0.487 e. The summed E-state index contributed by atoms with van der Waals surface area (Å²) < 4.78 is 5.88. The molecule has 0 aliphatic rings. The van der Waals surface area contributed by atoms with Crippen LogP contribution in [0.2, 0.25) is 10.0 Å². The fourth-order valence-corrected chi connectivity index (χ4v) is 3.17. The molecule has 7 heteroatoms. The van der Waals surface area contributed by atoms with Gasteiger partial charge in [-0.15, -0.1) is 0 Å². The Bertz CT molecular complexity index is 976. The molecule has 3 aromatic rings. The highest BCUT2D eigenvalue weighted by Crippen LogP contribution is 2.25. The third-order valence-electron chi connectivity index (χ3n) is 3.72. The highest BCUT2D eigenvalue weighted by Gasteiger charge is 2.11.